The van der Waals surface area contributed by atoms with Crippen LogP contribution in [0, 0.1) is 6.92 Å². The van der Waals surface area contributed by atoms with E-state index in [1.165, 1.54) is 16.1 Å². The van der Waals surface area contributed by atoms with Crippen molar-refractivity contribution in [1.82, 2.24) is 9.29 Å². The van der Waals surface area contributed by atoms with Crippen LogP contribution in [0.2, 0.25) is 0 Å². The van der Waals surface area contributed by atoms with Gasteiger partial charge in [0.15, 0.2) is 0 Å². The lowest BCUT2D eigenvalue weighted by Gasteiger charge is -2.25. The molecule has 128 valence electrons. The van der Waals surface area contributed by atoms with Gasteiger partial charge in [-0.05, 0) is 24.6 Å². The Labute approximate surface area is 142 Å². The summed E-state index contributed by atoms with van der Waals surface area (Å²) in [5.74, 6) is 0.650. The van der Waals surface area contributed by atoms with Gasteiger partial charge in [-0.1, -0.05) is 29.8 Å². The van der Waals surface area contributed by atoms with Gasteiger partial charge in [0.05, 0.1) is 13.2 Å². The Balaban J connectivity index is 1.66. The maximum atomic E-state index is 12.5. The summed E-state index contributed by atoms with van der Waals surface area (Å²) in [5, 5.41) is 3.21. The molecule has 24 heavy (non-hydrogen) atoms. The van der Waals surface area contributed by atoms with E-state index in [-0.39, 0.29) is 4.90 Å². The summed E-state index contributed by atoms with van der Waals surface area (Å²) < 4.78 is 31.7. The quantitative estimate of drug-likeness (QED) is 0.896. The average molecular weight is 347 g/mol. The SMILES string of the molecule is Cc1cccc(CNc2ccc(S(=O)(=O)N3CCOCC3)cn2)c1. The number of nitrogens with one attached hydrogen (secondary N) is 1. The minimum absolute atomic E-state index is 0.213. The highest BCUT2D eigenvalue weighted by Gasteiger charge is 2.26. The lowest BCUT2D eigenvalue weighted by Crippen LogP contribution is -2.40. The van der Waals surface area contributed by atoms with E-state index in [1.54, 1.807) is 12.1 Å². The molecular formula is C17H21N3O3S. The smallest absolute Gasteiger partial charge is 0.244 e. The molecule has 0 saturated carbocycles. The van der Waals surface area contributed by atoms with E-state index in [9.17, 15) is 8.42 Å². The Kier molecular flexibility index (Phi) is 5.13. The predicted molar refractivity (Wildman–Crippen MR) is 92.3 cm³/mol. The number of morpholine rings is 1. The van der Waals surface area contributed by atoms with E-state index in [2.05, 4.69) is 16.4 Å². The zero-order valence-electron chi connectivity index (χ0n) is 13.6. The predicted octanol–water partition coefficient (Wildman–Crippen LogP) is 2.02. The highest BCUT2D eigenvalue weighted by Crippen LogP contribution is 2.18. The van der Waals surface area contributed by atoms with Gasteiger partial charge in [-0.3, -0.25) is 0 Å². The van der Waals surface area contributed by atoms with Gasteiger partial charge in [-0.15, -0.1) is 0 Å². The molecule has 1 fully saturated rings. The molecule has 1 aliphatic heterocycles. The van der Waals surface area contributed by atoms with E-state index in [0.717, 1.165) is 5.56 Å². The highest BCUT2D eigenvalue weighted by molar-refractivity contribution is 7.89. The van der Waals surface area contributed by atoms with Gasteiger partial charge in [-0.2, -0.15) is 4.31 Å². The van der Waals surface area contributed by atoms with E-state index in [4.69, 9.17) is 4.74 Å². The topological polar surface area (TPSA) is 71.5 Å². The Morgan fingerprint density at radius 3 is 2.67 bits per heavy atom. The first kappa shape index (κ1) is 16.9. The minimum atomic E-state index is -3.49. The number of sulfonamides is 1. The van der Waals surface area contributed by atoms with Crippen LogP contribution in [0.25, 0.3) is 0 Å². The second-order valence-corrected chi connectivity index (χ2v) is 7.68. The molecule has 2 aromatic rings. The van der Waals surface area contributed by atoms with Crippen LogP contribution in [-0.4, -0.2) is 44.0 Å². The number of aryl methyl sites for hydroxylation is 1. The second-order valence-electron chi connectivity index (χ2n) is 5.74. The van der Waals surface area contributed by atoms with E-state index < -0.39 is 10.0 Å². The largest absolute Gasteiger partial charge is 0.379 e. The average Bonchev–Trinajstić information content (AvgIpc) is 2.61. The molecule has 0 spiro atoms. The molecule has 1 N–H and O–H groups in total. The van der Waals surface area contributed by atoms with Crippen molar-refractivity contribution in [2.24, 2.45) is 0 Å². The van der Waals surface area contributed by atoms with Crippen molar-refractivity contribution >= 4 is 15.8 Å². The number of ether oxygens (including phenoxy) is 1. The monoisotopic (exact) mass is 347 g/mol. The Bertz CT molecular complexity index is 785. The molecule has 1 aromatic heterocycles. The molecule has 6 nitrogen and oxygen atoms in total. The van der Waals surface area contributed by atoms with E-state index >= 15 is 0 Å². The first-order valence-corrected chi connectivity index (χ1v) is 9.33. The molecule has 0 unspecified atom stereocenters. The zero-order chi connectivity index (χ0) is 17.0. The maximum absolute atomic E-state index is 12.5. The normalized spacial score (nSPS) is 16.0. The molecule has 1 aromatic carbocycles. The number of nitrogens with zero attached hydrogens (tertiary/aromatic N) is 2. The molecule has 0 bridgehead atoms. The van der Waals surface area contributed by atoms with Crippen LogP contribution in [0.3, 0.4) is 0 Å². The zero-order valence-corrected chi connectivity index (χ0v) is 14.4. The number of rotatable bonds is 5. The standard InChI is InChI=1S/C17H21N3O3S/c1-14-3-2-4-15(11-14)12-18-17-6-5-16(13-19-17)24(21,22)20-7-9-23-10-8-20/h2-6,11,13H,7-10,12H2,1H3,(H,18,19). The van der Waals surface area contributed by atoms with Crippen LogP contribution in [0.1, 0.15) is 11.1 Å². The van der Waals surface area contributed by atoms with E-state index in [1.807, 2.05) is 25.1 Å². The Morgan fingerprint density at radius 2 is 2.00 bits per heavy atom. The molecule has 0 atom stereocenters. The summed E-state index contributed by atoms with van der Waals surface area (Å²) in [5.41, 5.74) is 2.36. The lowest BCUT2D eigenvalue weighted by molar-refractivity contribution is 0.0730. The molecule has 3 rings (SSSR count). The number of benzene rings is 1. The maximum Gasteiger partial charge on any atom is 0.244 e. The summed E-state index contributed by atoms with van der Waals surface area (Å²) in [4.78, 5) is 4.44. The van der Waals surface area contributed by atoms with Crippen molar-refractivity contribution in [3.05, 3.63) is 53.7 Å². The van der Waals surface area contributed by atoms with Gasteiger partial charge in [0, 0.05) is 25.8 Å². The van der Waals surface area contributed by atoms with Gasteiger partial charge in [0.25, 0.3) is 0 Å². The fourth-order valence-corrected chi connectivity index (χ4v) is 3.94. The van der Waals surface area contributed by atoms with Gasteiger partial charge in [-0.25, -0.2) is 13.4 Å². The van der Waals surface area contributed by atoms with Crippen LogP contribution in [-0.2, 0) is 21.3 Å². The number of hydrogen-bond donors (Lipinski definition) is 1. The Morgan fingerprint density at radius 1 is 1.21 bits per heavy atom. The fourth-order valence-electron chi connectivity index (χ4n) is 2.59. The molecule has 1 saturated heterocycles. The highest BCUT2D eigenvalue weighted by atomic mass is 32.2. The van der Waals surface area contributed by atoms with Gasteiger partial charge < -0.3 is 10.1 Å². The summed E-state index contributed by atoms with van der Waals surface area (Å²) in [6.07, 6.45) is 1.41. The van der Waals surface area contributed by atoms with Crippen LogP contribution in [0.5, 0.6) is 0 Å². The third-order valence-corrected chi connectivity index (χ3v) is 5.78. The van der Waals surface area contributed by atoms with Gasteiger partial charge in [0.2, 0.25) is 10.0 Å². The number of aromatic nitrogens is 1. The molecular weight excluding hydrogens is 326 g/mol. The summed E-state index contributed by atoms with van der Waals surface area (Å²) in [6, 6.07) is 11.5. The van der Waals surface area contributed by atoms with Crippen LogP contribution < -0.4 is 5.32 Å². The lowest BCUT2D eigenvalue weighted by atomic mass is 10.1. The summed E-state index contributed by atoms with van der Waals surface area (Å²) in [7, 11) is -3.49. The van der Waals surface area contributed by atoms with Gasteiger partial charge in [0.1, 0.15) is 10.7 Å². The number of anilines is 1. The van der Waals surface area contributed by atoms with Gasteiger partial charge >= 0.3 is 0 Å². The van der Waals surface area contributed by atoms with Crippen molar-refractivity contribution in [3.8, 4) is 0 Å². The van der Waals surface area contributed by atoms with Crippen molar-refractivity contribution in [1.29, 1.82) is 0 Å². The molecule has 0 amide bonds. The van der Waals surface area contributed by atoms with Crippen molar-refractivity contribution in [2.45, 2.75) is 18.4 Å². The fraction of sp³-hybridized carbons (Fsp3) is 0.353. The first-order chi connectivity index (χ1) is 11.6. The molecule has 0 radical (unpaired) electrons. The first-order valence-electron chi connectivity index (χ1n) is 7.89. The summed E-state index contributed by atoms with van der Waals surface area (Å²) in [6.45, 7) is 4.33. The number of hydrogen-bond acceptors (Lipinski definition) is 5. The minimum Gasteiger partial charge on any atom is -0.379 e. The second kappa shape index (κ2) is 7.29. The van der Waals surface area contributed by atoms with Crippen LogP contribution >= 0.6 is 0 Å². The van der Waals surface area contributed by atoms with Crippen molar-refractivity contribution in [3.63, 3.8) is 0 Å². The molecule has 1 aliphatic rings. The number of pyridine rings is 1. The van der Waals surface area contributed by atoms with Crippen molar-refractivity contribution in [2.75, 3.05) is 31.6 Å². The van der Waals surface area contributed by atoms with Crippen LogP contribution in [0.4, 0.5) is 5.82 Å². The molecule has 0 aliphatic carbocycles. The molecule has 2 heterocycles. The third-order valence-electron chi connectivity index (χ3n) is 3.90. The van der Waals surface area contributed by atoms with Crippen molar-refractivity contribution < 1.29 is 13.2 Å². The Hall–Kier alpha value is -1.96. The third kappa shape index (κ3) is 3.92. The van der Waals surface area contributed by atoms with Crippen LogP contribution in [0.15, 0.2) is 47.5 Å². The van der Waals surface area contributed by atoms with E-state index in [0.29, 0.717) is 38.7 Å². The molecule has 7 heteroatoms. The summed E-state index contributed by atoms with van der Waals surface area (Å²) >= 11 is 0.